The molecule has 0 aromatic heterocycles. The van der Waals surface area contributed by atoms with Crippen molar-refractivity contribution in [2.75, 3.05) is 49.1 Å². The number of ether oxygens (including phenoxy) is 1. The summed E-state index contributed by atoms with van der Waals surface area (Å²) in [6, 6.07) is 11.0. The number of thiocarbonyl (C=S) groups is 1. The quantitative estimate of drug-likeness (QED) is 0.240. The van der Waals surface area contributed by atoms with Gasteiger partial charge in [0, 0.05) is 51.1 Å². The number of halogens is 1. The Morgan fingerprint density at radius 2 is 1.77 bits per heavy atom. The molecule has 2 atom stereocenters. The van der Waals surface area contributed by atoms with Gasteiger partial charge in [0.25, 0.3) is 0 Å². The third-order valence-electron chi connectivity index (χ3n) is 7.66. The summed E-state index contributed by atoms with van der Waals surface area (Å²) >= 11 is 5.15. The Hall–Kier alpha value is -4.10. The average Bonchev–Trinajstić information content (AvgIpc) is 3.41. The Morgan fingerprint density at radius 1 is 1.07 bits per heavy atom. The maximum Gasteiger partial charge on any atom is 0.414 e. The molecule has 0 bridgehead atoms. The van der Waals surface area contributed by atoms with Crippen LogP contribution < -0.4 is 26.2 Å². The number of Topliss-reactive ketones (excluding diaryl/α,β-unsaturated/α-hetero) is 1. The van der Waals surface area contributed by atoms with Crippen LogP contribution in [0.5, 0.6) is 0 Å². The molecule has 2 saturated heterocycles. The van der Waals surface area contributed by atoms with E-state index in [0.717, 1.165) is 5.56 Å². The topological polar surface area (TPSA) is 137 Å². The molecule has 236 valence electrons. The minimum absolute atomic E-state index is 0.0804. The smallest absolute Gasteiger partial charge is 0.414 e. The lowest BCUT2D eigenvalue weighted by atomic mass is 10.0. The SMILES string of the molecule is CCC(=S)NC[C@H]1CN(c2ccc(N3CCN(C(=O)CCC(=O)c4ccc(CNC(=O)C(C)N)cc4)CC3)c(F)c2)C(=O)O1. The predicted molar refractivity (Wildman–Crippen MR) is 169 cm³/mol. The molecule has 0 saturated carbocycles. The molecule has 2 aliphatic heterocycles. The zero-order chi connectivity index (χ0) is 31.8. The molecule has 2 aliphatic rings. The number of benzene rings is 2. The van der Waals surface area contributed by atoms with Gasteiger partial charge in [0.15, 0.2) is 5.78 Å². The van der Waals surface area contributed by atoms with E-state index < -0.39 is 18.0 Å². The van der Waals surface area contributed by atoms with E-state index in [1.165, 1.54) is 11.0 Å². The number of hydrogen-bond donors (Lipinski definition) is 3. The van der Waals surface area contributed by atoms with Gasteiger partial charge in [0.05, 0.1) is 35.5 Å². The van der Waals surface area contributed by atoms with Gasteiger partial charge in [0.2, 0.25) is 11.8 Å². The van der Waals surface area contributed by atoms with Gasteiger partial charge in [0.1, 0.15) is 11.9 Å². The van der Waals surface area contributed by atoms with Gasteiger partial charge in [-0.3, -0.25) is 19.3 Å². The van der Waals surface area contributed by atoms with Gasteiger partial charge >= 0.3 is 6.09 Å². The van der Waals surface area contributed by atoms with Crippen LogP contribution in [0.3, 0.4) is 0 Å². The van der Waals surface area contributed by atoms with Crippen molar-refractivity contribution in [3.05, 3.63) is 59.4 Å². The summed E-state index contributed by atoms with van der Waals surface area (Å²) in [4.78, 5) is 55.1. The number of cyclic esters (lactones) is 1. The summed E-state index contributed by atoms with van der Waals surface area (Å²) in [5.41, 5.74) is 7.69. The second kappa shape index (κ2) is 15.1. The van der Waals surface area contributed by atoms with Crippen LogP contribution in [0.4, 0.5) is 20.6 Å². The highest BCUT2D eigenvalue weighted by Gasteiger charge is 2.33. The number of carbonyl (C=O) groups excluding carboxylic acids is 4. The Kier molecular flexibility index (Phi) is 11.2. The Labute approximate surface area is 261 Å². The molecule has 0 radical (unpaired) electrons. The van der Waals surface area contributed by atoms with Gasteiger partial charge < -0.3 is 30.9 Å². The van der Waals surface area contributed by atoms with E-state index in [-0.39, 0.29) is 36.5 Å². The van der Waals surface area contributed by atoms with Crippen LogP contribution >= 0.6 is 12.2 Å². The van der Waals surface area contributed by atoms with Gasteiger partial charge in [-0.15, -0.1) is 0 Å². The first-order valence-electron chi connectivity index (χ1n) is 14.8. The van der Waals surface area contributed by atoms with E-state index >= 15 is 4.39 Å². The van der Waals surface area contributed by atoms with Gasteiger partial charge in [-0.2, -0.15) is 0 Å². The number of rotatable bonds is 12. The van der Waals surface area contributed by atoms with Crippen LogP contribution in [-0.4, -0.2) is 85.0 Å². The highest BCUT2D eigenvalue weighted by molar-refractivity contribution is 7.80. The fourth-order valence-electron chi connectivity index (χ4n) is 4.99. The maximum atomic E-state index is 15.2. The van der Waals surface area contributed by atoms with Crippen molar-refractivity contribution in [3.63, 3.8) is 0 Å². The molecule has 3 amide bonds. The molecule has 11 nitrogen and oxygen atoms in total. The monoisotopic (exact) mass is 626 g/mol. The lowest BCUT2D eigenvalue weighted by molar-refractivity contribution is -0.131. The zero-order valence-corrected chi connectivity index (χ0v) is 25.8. The van der Waals surface area contributed by atoms with Gasteiger partial charge in [-0.1, -0.05) is 43.4 Å². The summed E-state index contributed by atoms with van der Waals surface area (Å²) in [7, 11) is 0. The van der Waals surface area contributed by atoms with E-state index in [4.69, 9.17) is 22.7 Å². The van der Waals surface area contributed by atoms with Crippen molar-refractivity contribution >= 4 is 52.3 Å². The van der Waals surface area contributed by atoms with Crippen LogP contribution in [0.2, 0.25) is 0 Å². The summed E-state index contributed by atoms with van der Waals surface area (Å²) in [6.45, 7) is 6.23. The van der Waals surface area contributed by atoms with Crippen molar-refractivity contribution in [3.8, 4) is 0 Å². The molecule has 2 aromatic rings. The van der Waals surface area contributed by atoms with E-state index in [0.29, 0.717) is 74.2 Å². The summed E-state index contributed by atoms with van der Waals surface area (Å²) in [6.07, 6.45) is -0.0540. The number of ketones is 1. The molecule has 13 heteroatoms. The summed E-state index contributed by atoms with van der Waals surface area (Å²) in [5, 5.41) is 5.78. The van der Waals surface area contributed by atoms with E-state index in [9.17, 15) is 19.2 Å². The average molecular weight is 627 g/mol. The molecule has 2 heterocycles. The number of hydrogen-bond acceptors (Lipinski definition) is 8. The maximum absolute atomic E-state index is 15.2. The van der Waals surface area contributed by atoms with Crippen LogP contribution in [0.1, 0.15) is 49.0 Å². The van der Waals surface area contributed by atoms with Crippen molar-refractivity contribution in [2.24, 2.45) is 5.73 Å². The Morgan fingerprint density at radius 3 is 2.41 bits per heavy atom. The first-order valence-corrected chi connectivity index (χ1v) is 15.2. The number of nitrogens with one attached hydrogen (secondary N) is 2. The van der Waals surface area contributed by atoms with E-state index in [1.807, 2.05) is 11.8 Å². The minimum atomic E-state index is -0.597. The van der Waals surface area contributed by atoms with Crippen molar-refractivity contribution in [1.82, 2.24) is 15.5 Å². The zero-order valence-electron chi connectivity index (χ0n) is 25.0. The molecule has 4 rings (SSSR count). The largest absolute Gasteiger partial charge is 0.442 e. The standard InChI is InChI=1S/C31H39FN6O5S/c1-3-28(44)34-18-24-19-38(31(42)43-24)23-8-9-26(25(32)16-23)36-12-14-37(15-13-36)29(40)11-10-27(39)22-6-4-21(5-7-22)17-35-30(41)20(2)33/h4-9,16,20,24H,3,10-15,17-19,33H2,1-2H3,(H,34,44)(H,35,41)/t20?,24-/m0/s1. The van der Waals surface area contributed by atoms with E-state index in [1.54, 1.807) is 48.2 Å². The number of nitrogens with two attached hydrogens (primary N) is 1. The number of anilines is 2. The fraction of sp³-hybridized carbons (Fsp3) is 0.452. The first kappa shape index (κ1) is 32.8. The van der Waals surface area contributed by atoms with Gasteiger partial charge in [-0.25, -0.2) is 9.18 Å². The number of carbonyl (C=O) groups is 4. The molecule has 2 fully saturated rings. The second-order valence-electron chi connectivity index (χ2n) is 10.9. The predicted octanol–water partition coefficient (Wildman–Crippen LogP) is 2.75. The van der Waals surface area contributed by atoms with Crippen LogP contribution in [-0.2, 0) is 20.9 Å². The minimum Gasteiger partial charge on any atom is -0.442 e. The molecule has 4 N–H and O–H groups in total. The first-order chi connectivity index (χ1) is 21.0. The molecular weight excluding hydrogens is 587 g/mol. The summed E-state index contributed by atoms with van der Waals surface area (Å²) in [5.74, 6) is -0.981. The third-order valence-corrected chi connectivity index (χ3v) is 8.09. The van der Waals surface area contributed by atoms with E-state index in [2.05, 4.69) is 10.6 Å². The molecule has 44 heavy (non-hydrogen) atoms. The normalized spacial score (nSPS) is 17.2. The number of nitrogens with zero attached hydrogens (tertiary/aromatic N) is 3. The summed E-state index contributed by atoms with van der Waals surface area (Å²) < 4.78 is 20.6. The van der Waals surface area contributed by atoms with Gasteiger partial charge in [-0.05, 0) is 37.1 Å². The highest BCUT2D eigenvalue weighted by atomic mass is 32.1. The Balaban J connectivity index is 1.22. The molecule has 1 unspecified atom stereocenters. The third kappa shape index (κ3) is 8.50. The second-order valence-corrected chi connectivity index (χ2v) is 11.4. The van der Waals surface area contributed by atoms with Crippen molar-refractivity contribution < 1.29 is 28.3 Å². The Bertz CT molecular complexity index is 1380. The highest BCUT2D eigenvalue weighted by Crippen LogP contribution is 2.28. The van der Waals surface area contributed by atoms with Crippen molar-refractivity contribution in [1.29, 1.82) is 0 Å². The molecule has 2 aromatic carbocycles. The molecular formula is C31H39FN6O5S. The van der Waals surface area contributed by atoms with Crippen molar-refractivity contribution in [2.45, 2.75) is 51.8 Å². The number of piperazine rings is 1. The van der Waals surface area contributed by atoms with Crippen LogP contribution in [0.25, 0.3) is 0 Å². The van der Waals surface area contributed by atoms with Crippen LogP contribution in [0.15, 0.2) is 42.5 Å². The molecule has 0 spiro atoms. The lowest BCUT2D eigenvalue weighted by Crippen LogP contribution is -2.49. The van der Waals surface area contributed by atoms with Crippen LogP contribution in [0, 0.1) is 5.82 Å². The molecule has 0 aliphatic carbocycles. The lowest BCUT2D eigenvalue weighted by Gasteiger charge is -2.36. The fourth-order valence-corrected chi connectivity index (χ4v) is 5.07. The number of amides is 3.